The Morgan fingerprint density at radius 1 is 1.19 bits per heavy atom. The van der Waals surface area contributed by atoms with Crippen molar-refractivity contribution in [2.75, 3.05) is 13.7 Å². The molecule has 0 heterocycles. The minimum Gasteiger partial charge on any atom is -0.496 e. The Bertz CT molecular complexity index is 638. The third kappa shape index (κ3) is 4.07. The van der Waals surface area contributed by atoms with Crippen LogP contribution < -0.4 is 9.47 Å². The first-order valence-electron chi connectivity index (χ1n) is 6.37. The van der Waals surface area contributed by atoms with Gasteiger partial charge in [0.15, 0.2) is 5.75 Å². The Morgan fingerprint density at radius 3 is 2.62 bits per heavy atom. The van der Waals surface area contributed by atoms with Gasteiger partial charge in [-0.2, -0.15) is 0 Å². The van der Waals surface area contributed by atoms with Crippen molar-refractivity contribution < 1.29 is 14.4 Å². The number of benzene rings is 2. The molecule has 2 aromatic rings. The van der Waals surface area contributed by atoms with E-state index in [1.165, 1.54) is 19.2 Å². The highest BCUT2D eigenvalue weighted by Gasteiger charge is 2.15. The number of methoxy groups -OCH3 is 1. The number of nitrogens with zero attached hydrogens (tertiary/aromatic N) is 1. The highest BCUT2D eigenvalue weighted by atomic mass is 16.6. The van der Waals surface area contributed by atoms with Crippen molar-refractivity contribution in [3.05, 3.63) is 70.3 Å². The third-order valence-electron chi connectivity index (χ3n) is 2.81. The second kappa shape index (κ2) is 7.09. The molecule has 0 saturated carbocycles. The molecule has 0 amide bonds. The van der Waals surface area contributed by atoms with Gasteiger partial charge in [0.1, 0.15) is 12.4 Å². The standard InChI is InChI=1S/C16H15NO4/c1-20-14-9-10-16(15(12-14)17(18)19)21-11-5-8-13-6-3-2-4-7-13/h2-10,12H,11H2,1H3/b8-5+. The van der Waals surface area contributed by atoms with Crippen LogP contribution in [0.5, 0.6) is 11.5 Å². The molecule has 0 saturated heterocycles. The zero-order chi connectivity index (χ0) is 15.1. The first-order chi connectivity index (χ1) is 10.2. The van der Waals surface area contributed by atoms with Crippen molar-refractivity contribution in [2.45, 2.75) is 0 Å². The van der Waals surface area contributed by atoms with Crippen LogP contribution in [0, 0.1) is 10.1 Å². The summed E-state index contributed by atoms with van der Waals surface area (Å²) >= 11 is 0. The van der Waals surface area contributed by atoms with Crippen molar-refractivity contribution in [1.82, 2.24) is 0 Å². The fraction of sp³-hybridized carbons (Fsp3) is 0.125. The summed E-state index contributed by atoms with van der Waals surface area (Å²) in [7, 11) is 1.46. The zero-order valence-electron chi connectivity index (χ0n) is 11.6. The molecule has 0 bridgehead atoms. The van der Waals surface area contributed by atoms with Gasteiger partial charge in [0.05, 0.1) is 18.1 Å². The normalized spacial score (nSPS) is 10.5. The Hall–Kier alpha value is -2.82. The van der Waals surface area contributed by atoms with Crippen LogP contribution in [0.2, 0.25) is 0 Å². The first-order valence-corrected chi connectivity index (χ1v) is 6.37. The van der Waals surface area contributed by atoms with E-state index in [0.717, 1.165) is 5.56 Å². The second-order valence-corrected chi connectivity index (χ2v) is 4.21. The van der Waals surface area contributed by atoms with Crippen molar-refractivity contribution in [3.63, 3.8) is 0 Å². The summed E-state index contributed by atoms with van der Waals surface area (Å²) in [5.74, 6) is 0.646. The van der Waals surface area contributed by atoms with E-state index in [4.69, 9.17) is 9.47 Å². The lowest BCUT2D eigenvalue weighted by Crippen LogP contribution is -1.99. The zero-order valence-corrected chi connectivity index (χ0v) is 11.6. The minimum absolute atomic E-state index is 0.109. The second-order valence-electron chi connectivity index (χ2n) is 4.21. The topological polar surface area (TPSA) is 61.6 Å². The van der Waals surface area contributed by atoms with Crippen LogP contribution in [0.15, 0.2) is 54.6 Å². The third-order valence-corrected chi connectivity index (χ3v) is 2.81. The van der Waals surface area contributed by atoms with Gasteiger partial charge in [0.25, 0.3) is 0 Å². The maximum Gasteiger partial charge on any atom is 0.314 e. The molecule has 0 aliphatic rings. The summed E-state index contributed by atoms with van der Waals surface area (Å²) in [6, 6.07) is 14.3. The average molecular weight is 285 g/mol. The molecule has 2 rings (SSSR count). The fourth-order valence-electron chi connectivity index (χ4n) is 1.78. The molecule has 0 N–H and O–H groups in total. The van der Waals surface area contributed by atoms with Gasteiger partial charge in [-0.25, -0.2) is 0 Å². The number of hydrogen-bond donors (Lipinski definition) is 0. The quantitative estimate of drug-likeness (QED) is 0.599. The molecular weight excluding hydrogens is 270 g/mol. The van der Waals surface area contributed by atoms with Gasteiger partial charge in [-0.15, -0.1) is 0 Å². The molecule has 0 spiro atoms. The molecular formula is C16H15NO4. The van der Waals surface area contributed by atoms with Crippen LogP contribution in [-0.2, 0) is 0 Å². The molecule has 0 unspecified atom stereocenters. The number of ether oxygens (including phenoxy) is 2. The summed E-state index contributed by atoms with van der Waals surface area (Å²) in [6.45, 7) is 0.252. The molecule has 0 aliphatic heterocycles. The van der Waals surface area contributed by atoms with Crippen LogP contribution >= 0.6 is 0 Å². The summed E-state index contributed by atoms with van der Waals surface area (Å²) in [5.41, 5.74) is 0.938. The van der Waals surface area contributed by atoms with Crippen LogP contribution in [-0.4, -0.2) is 18.6 Å². The van der Waals surface area contributed by atoms with Crippen LogP contribution in [0.4, 0.5) is 5.69 Å². The largest absolute Gasteiger partial charge is 0.496 e. The van der Waals surface area contributed by atoms with Gasteiger partial charge >= 0.3 is 5.69 Å². The Kier molecular flexibility index (Phi) is 4.93. The van der Waals surface area contributed by atoms with Gasteiger partial charge in [0, 0.05) is 0 Å². The van der Waals surface area contributed by atoms with E-state index in [2.05, 4.69) is 0 Å². The maximum absolute atomic E-state index is 11.0. The highest BCUT2D eigenvalue weighted by Crippen LogP contribution is 2.30. The average Bonchev–Trinajstić information content (AvgIpc) is 2.52. The molecule has 0 radical (unpaired) electrons. The van der Waals surface area contributed by atoms with E-state index in [-0.39, 0.29) is 18.0 Å². The maximum atomic E-state index is 11.0. The van der Waals surface area contributed by atoms with E-state index in [1.54, 1.807) is 6.07 Å². The predicted octanol–water partition coefficient (Wildman–Crippen LogP) is 3.70. The van der Waals surface area contributed by atoms with Gasteiger partial charge in [-0.1, -0.05) is 36.4 Å². The molecule has 0 aliphatic carbocycles. The number of nitro benzene ring substituents is 1. The van der Waals surface area contributed by atoms with Gasteiger partial charge in [-0.05, 0) is 23.8 Å². The van der Waals surface area contributed by atoms with Crippen molar-refractivity contribution in [1.29, 1.82) is 0 Å². The number of rotatable bonds is 6. The lowest BCUT2D eigenvalue weighted by molar-refractivity contribution is -0.385. The molecule has 5 nitrogen and oxygen atoms in total. The first kappa shape index (κ1) is 14.6. The van der Waals surface area contributed by atoms with Gasteiger partial charge in [0.2, 0.25) is 0 Å². The Morgan fingerprint density at radius 2 is 1.95 bits per heavy atom. The highest BCUT2D eigenvalue weighted by molar-refractivity contribution is 5.52. The van der Waals surface area contributed by atoms with E-state index < -0.39 is 4.92 Å². The molecule has 108 valence electrons. The monoisotopic (exact) mass is 285 g/mol. The lowest BCUT2D eigenvalue weighted by Gasteiger charge is -2.06. The Balaban J connectivity index is 2.03. The van der Waals surface area contributed by atoms with Crippen molar-refractivity contribution in [2.24, 2.45) is 0 Å². The molecule has 0 aromatic heterocycles. The van der Waals surface area contributed by atoms with Gasteiger partial charge < -0.3 is 9.47 Å². The number of hydrogen-bond acceptors (Lipinski definition) is 4. The molecule has 2 aromatic carbocycles. The summed E-state index contributed by atoms with van der Waals surface area (Å²) < 4.78 is 10.4. The molecule has 5 heteroatoms. The predicted molar refractivity (Wildman–Crippen MR) is 80.6 cm³/mol. The smallest absolute Gasteiger partial charge is 0.314 e. The molecule has 0 fully saturated rings. The minimum atomic E-state index is -0.487. The summed E-state index contributed by atoms with van der Waals surface area (Å²) in [6.07, 6.45) is 3.71. The number of nitro groups is 1. The van der Waals surface area contributed by atoms with Crippen LogP contribution in [0.1, 0.15) is 5.56 Å². The van der Waals surface area contributed by atoms with Crippen molar-refractivity contribution in [3.8, 4) is 11.5 Å². The summed E-state index contributed by atoms with van der Waals surface area (Å²) in [4.78, 5) is 10.5. The lowest BCUT2D eigenvalue weighted by atomic mass is 10.2. The summed E-state index contributed by atoms with van der Waals surface area (Å²) in [5, 5.41) is 11.0. The SMILES string of the molecule is COc1ccc(OC/C=C/c2ccccc2)c([N+](=O)[O-])c1. The van der Waals surface area contributed by atoms with Gasteiger partial charge in [-0.3, -0.25) is 10.1 Å². The van der Waals surface area contributed by atoms with Crippen LogP contribution in [0.3, 0.4) is 0 Å². The van der Waals surface area contributed by atoms with Crippen molar-refractivity contribution >= 4 is 11.8 Å². The van der Waals surface area contributed by atoms with Crippen LogP contribution in [0.25, 0.3) is 6.08 Å². The van der Waals surface area contributed by atoms with E-state index in [0.29, 0.717) is 5.75 Å². The molecule has 0 atom stereocenters. The fourth-order valence-corrected chi connectivity index (χ4v) is 1.78. The molecule has 21 heavy (non-hydrogen) atoms. The Labute approximate surface area is 122 Å². The van der Waals surface area contributed by atoms with E-state index in [9.17, 15) is 10.1 Å². The van der Waals surface area contributed by atoms with E-state index in [1.807, 2.05) is 42.5 Å². The van der Waals surface area contributed by atoms with E-state index >= 15 is 0 Å².